The lowest BCUT2D eigenvalue weighted by Crippen LogP contribution is -3.00. The van der Waals surface area contributed by atoms with Crippen LogP contribution in [-0.4, -0.2) is 67.5 Å². The SMILES string of the molecule is CC(=O)SCCC(C1CC[N+](C)(C)CC1)C(P(=O)(O)O)P(=O)(O)O.[Cl-]. The Balaban J connectivity index is 0.00000576. The lowest BCUT2D eigenvalue weighted by molar-refractivity contribution is -0.896. The van der Waals surface area contributed by atoms with Crippen molar-refractivity contribution in [2.24, 2.45) is 11.8 Å². The van der Waals surface area contributed by atoms with Crippen LogP contribution in [0, 0.1) is 11.8 Å². The van der Waals surface area contributed by atoms with Gasteiger partial charge >= 0.3 is 15.2 Å². The first-order valence-corrected chi connectivity index (χ1v) is 12.1. The highest BCUT2D eigenvalue weighted by atomic mass is 35.5. The number of carbonyl (C=O) groups is 1. The Morgan fingerprint density at radius 2 is 1.56 bits per heavy atom. The zero-order valence-corrected chi connectivity index (χ0v) is 18.0. The van der Waals surface area contributed by atoms with E-state index in [1.54, 1.807) is 0 Å². The van der Waals surface area contributed by atoms with E-state index in [9.17, 15) is 33.5 Å². The predicted octanol–water partition coefficient (Wildman–Crippen LogP) is -1.56. The minimum absolute atomic E-state index is 0. The lowest BCUT2D eigenvalue weighted by Gasteiger charge is -2.42. The number of nitrogens with zero attached hydrogens (tertiary/aromatic N) is 1. The molecule has 1 unspecified atom stereocenters. The van der Waals surface area contributed by atoms with Crippen molar-refractivity contribution in [3.05, 3.63) is 0 Å². The van der Waals surface area contributed by atoms with Gasteiger partial charge in [0.2, 0.25) is 0 Å². The summed E-state index contributed by atoms with van der Waals surface area (Å²) < 4.78 is 24.4. The van der Waals surface area contributed by atoms with E-state index in [1.165, 1.54) is 6.92 Å². The number of quaternary nitrogens is 1. The van der Waals surface area contributed by atoms with E-state index in [0.29, 0.717) is 18.6 Å². The van der Waals surface area contributed by atoms with Crippen LogP contribution >= 0.6 is 27.0 Å². The van der Waals surface area contributed by atoms with E-state index in [1.807, 2.05) is 0 Å². The van der Waals surface area contributed by atoms with E-state index in [0.717, 1.165) is 29.3 Å². The van der Waals surface area contributed by atoms with Crippen molar-refractivity contribution in [3.8, 4) is 0 Å². The second-order valence-corrected chi connectivity index (χ2v) is 12.3. The fourth-order valence-corrected chi connectivity index (χ4v) is 7.40. The molecule has 0 bridgehead atoms. The van der Waals surface area contributed by atoms with Crippen LogP contribution in [0.15, 0.2) is 0 Å². The number of carbonyl (C=O) groups excluding carboxylic acids is 1. The Kier molecular flexibility index (Phi) is 9.89. The van der Waals surface area contributed by atoms with Crippen LogP contribution in [0.5, 0.6) is 0 Å². The Labute approximate surface area is 159 Å². The second kappa shape index (κ2) is 9.67. The molecule has 0 radical (unpaired) electrons. The highest BCUT2D eigenvalue weighted by Crippen LogP contribution is 2.65. The third kappa shape index (κ3) is 8.41. The van der Waals surface area contributed by atoms with Gasteiger partial charge in [0.05, 0.1) is 27.2 Å². The fraction of sp³-hybridized carbons (Fsp3) is 0.923. The molecule has 1 aliphatic rings. The van der Waals surface area contributed by atoms with Gasteiger partial charge in [0.25, 0.3) is 0 Å². The molecule has 1 rings (SSSR count). The Morgan fingerprint density at radius 3 is 1.92 bits per heavy atom. The van der Waals surface area contributed by atoms with Crippen molar-refractivity contribution in [1.29, 1.82) is 0 Å². The fourth-order valence-electron chi connectivity index (χ4n) is 3.38. The third-order valence-electron chi connectivity index (χ3n) is 4.64. The average Bonchev–Trinajstić information content (AvgIpc) is 2.33. The van der Waals surface area contributed by atoms with Crippen LogP contribution in [0.1, 0.15) is 26.2 Å². The molecule has 1 atom stereocenters. The molecule has 0 saturated carbocycles. The molecule has 12 heteroatoms. The van der Waals surface area contributed by atoms with E-state index in [2.05, 4.69) is 14.1 Å². The third-order valence-corrected chi connectivity index (χ3v) is 9.44. The molecule has 0 aromatic carbocycles. The summed E-state index contributed by atoms with van der Waals surface area (Å²) in [6, 6.07) is 0. The summed E-state index contributed by atoms with van der Waals surface area (Å²) in [5.41, 5.74) is 0. The first kappa shape index (κ1) is 25.6. The molecule has 0 amide bonds. The van der Waals surface area contributed by atoms with Gasteiger partial charge in [-0.3, -0.25) is 13.9 Å². The van der Waals surface area contributed by atoms with E-state index >= 15 is 0 Å². The molecule has 1 fully saturated rings. The highest BCUT2D eigenvalue weighted by Gasteiger charge is 2.51. The summed E-state index contributed by atoms with van der Waals surface area (Å²) in [4.78, 5) is 49.4. The number of likely N-dealkylation sites (tertiary alicyclic amines) is 1. The molecule has 4 N–H and O–H groups in total. The first-order chi connectivity index (χ1) is 10.7. The molecule has 0 spiro atoms. The minimum atomic E-state index is -4.98. The molecule has 0 aromatic rings. The molecule has 1 heterocycles. The Hall–Kier alpha value is 0.570. The zero-order valence-electron chi connectivity index (χ0n) is 14.6. The number of thioether (sulfide) groups is 1. The van der Waals surface area contributed by atoms with E-state index in [-0.39, 0.29) is 29.9 Å². The normalized spacial score (nSPS) is 20.2. The molecule has 0 aliphatic carbocycles. The molecule has 0 aromatic heterocycles. The second-order valence-electron chi connectivity index (χ2n) is 7.10. The maximum absolute atomic E-state index is 11.8. The van der Waals surface area contributed by atoms with Crippen molar-refractivity contribution in [2.75, 3.05) is 32.9 Å². The highest BCUT2D eigenvalue weighted by molar-refractivity contribution is 8.13. The number of halogens is 1. The van der Waals surface area contributed by atoms with E-state index < -0.39 is 26.5 Å². The summed E-state index contributed by atoms with van der Waals surface area (Å²) >= 11 is 1.01. The maximum atomic E-state index is 11.8. The Morgan fingerprint density at radius 1 is 1.12 bits per heavy atom. The van der Waals surface area contributed by atoms with Crippen LogP contribution in [-0.2, 0) is 13.9 Å². The van der Waals surface area contributed by atoms with Crippen LogP contribution in [0.3, 0.4) is 0 Å². The molecular formula is C13H28ClNO7P2S. The number of rotatable bonds is 7. The molecule has 1 saturated heterocycles. The molecule has 1 aliphatic heterocycles. The van der Waals surface area contributed by atoms with Crippen molar-refractivity contribution in [2.45, 2.75) is 31.6 Å². The van der Waals surface area contributed by atoms with Gasteiger partial charge in [-0.25, -0.2) is 0 Å². The number of hydrogen-bond donors (Lipinski definition) is 4. The van der Waals surface area contributed by atoms with Gasteiger partial charge in [0, 0.05) is 12.7 Å². The quantitative estimate of drug-likeness (QED) is 0.277. The standard InChI is InChI=1S/C13H27NO7P2S.ClH/c1-10(15)24-9-6-12(11-4-7-14(2,3)8-5-11)13(22(16,17)18)23(19,20)21;/h11-13H,4-9H2,1-3H3,(H3-,16,17,18,19,20,21);1H. The van der Waals surface area contributed by atoms with Crippen molar-refractivity contribution in [3.63, 3.8) is 0 Å². The average molecular weight is 440 g/mol. The topological polar surface area (TPSA) is 132 Å². The van der Waals surface area contributed by atoms with Gasteiger partial charge in [-0.05, 0) is 31.1 Å². The maximum Gasteiger partial charge on any atom is 0.340 e. The predicted molar refractivity (Wildman–Crippen MR) is 93.7 cm³/mol. The molecule has 25 heavy (non-hydrogen) atoms. The smallest absolute Gasteiger partial charge is 0.340 e. The largest absolute Gasteiger partial charge is 1.00 e. The van der Waals surface area contributed by atoms with Gasteiger partial charge in [-0.2, -0.15) is 0 Å². The zero-order chi connectivity index (χ0) is 18.8. The summed E-state index contributed by atoms with van der Waals surface area (Å²) in [6.45, 7) is 2.97. The van der Waals surface area contributed by atoms with Gasteiger partial charge < -0.3 is 36.5 Å². The summed E-state index contributed by atoms with van der Waals surface area (Å²) in [5, 5.41) is -2.12. The molecule has 150 valence electrons. The van der Waals surface area contributed by atoms with Crippen molar-refractivity contribution >= 4 is 32.1 Å². The first-order valence-electron chi connectivity index (χ1n) is 7.80. The van der Waals surface area contributed by atoms with Gasteiger partial charge in [-0.1, -0.05) is 11.8 Å². The van der Waals surface area contributed by atoms with Crippen LogP contribution in [0.2, 0.25) is 0 Å². The summed E-state index contributed by atoms with van der Waals surface area (Å²) in [7, 11) is -5.85. The van der Waals surface area contributed by atoms with Gasteiger partial charge in [-0.15, -0.1) is 0 Å². The Bertz CT molecular complexity index is 518. The van der Waals surface area contributed by atoms with Crippen molar-refractivity contribution < 1.29 is 50.4 Å². The number of piperidine rings is 1. The monoisotopic (exact) mass is 439 g/mol. The van der Waals surface area contributed by atoms with Gasteiger partial charge in [0.15, 0.2) is 10.5 Å². The van der Waals surface area contributed by atoms with Crippen LogP contribution in [0.4, 0.5) is 0 Å². The molecular weight excluding hydrogens is 412 g/mol. The van der Waals surface area contributed by atoms with E-state index in [4.69, 9.17) is 0 Å². The molecule has 8 nitrogen and oxygen atoms in total. The van der Waals surface area contributed by atoms with Crippen molar-refractivity contribution in [1.82, 2.24) is 0 Å². The van der Waals surface area contributed by atoms with Crippen LogP contribution < -0.4 is 12.4 Å². The summed E-state index contributed by atoms with van der Waals surface area (Å²) in [6.07, 6.45) is 1.50. The lowest BCUT2D eigenvalue weighted by atomic mass is 9.83. The minimum Gasteiger partial charge on any atom is -1.00 e. The van der Waals surface area contributed by atoms with Gasteiger partial charge in [0.1, 0.15) is 0 Å². The number of hydrogen-bond acceptors (Lipinski definition) is 4. The van der Waals surface area contributed by atoms with Crippen LogP contribution in [0.25, 0.3) is 0 Å². The summed E-state index contributed by atoms with van der Waals surface area (Å²) in [5.74, 6) is -0.682.